The van der Waals surface area contributed by atoms with Crippen molar-refractivity contribution < 1.29 is 4.42 Å². The molecule has 14 aromatic rings. The van der Waals surface area contributed by atoms with Gasteiger partial charge < -0.3 is 13.6 Å². The number of thiophene rings is 1. The third kappa shape index (κ3) is 4.68. The van der Waals surface area contributed by atoms with Gasteiger partial charge in [-0.05, 0) is 118 Å². The summed E-state index contributed by atoms with van der Waals surface area (Å²) in [6.07, 6.45) is 0. The van der Waals surface area contributed by atoms with E-state index in [4.69, 9.17) is 4.42 Å². The van der Waals surface area contributed by atoms with E-state index < -0.39 is 5.41 Å². The van der Waals surface area contributed by atoms with Gasteiger partial charge in [0, 0.05) is 63.9 Å². The van der Waals surface area contributed by atoms with Gasteiger partial charge in [-0.2, -0.15) is 0 Å². The molecule has 0 N–H and O–H groups in total. The zero-order chi connectivity index (χ0) is 42.4. The van der Waals surface area contributed by atoms with Gasteiger partial charge in [0.2, 0.25) is 0 Å². The molecule has 0 aliphatic heterocycles. The highest BCUT2D eigenvalue weighted by molar-refractivity contribution is 7.25. The lowest BCUT2D eigenvalue weighted by Crippen LogP contribution is -2.28. The maximum atomic E-state index is 6.27. The minimum absolute atomic E-state index is 0.592. The summed E-state index contributed by atoms with van der Waals surface area (Å²) < 4.78 is 13.8. The largest absolute Gasteiger partial charge is 0.456 e. The molecule has 65 heavy (non-hydrogen) atoms. The van der Waals surface area contributed by atoms with Crippen LogP contribution in [0.25, 0.3) is 108 Å². The molecule has 0 saturated carbocycles. The first-order valence-corrected chi connectivity index (χ1v) is 23.1. The van der Waals surface area contributed by atoms with E-state index in [2.05, 4.69) is 221 Å². The number of hydrogen-bond donors (Lipinski definition) is 0. The molecule has 0 amide bonds. The highest BCUT2D eigenvalue weighted by Crippen LogP contribution is 2.57. The molecule has 1 aliphatic rings. The molecule has 0 bridgehead atoms. The summed E-state index contributed by atoms with van der Waals surface area (Å²) in [5.74, 6) is 0. The minimum atomic E-state index is -0.592. The standard InChI is InChI=1S/C61H36N2OS/c1-7-19-51-41(13-1)42-14-2-8-20-52(42)61(51,37-25-29-55-47(33-37)43-15-3-9-21-53(43)62(55)39-27-31-58-49(35-39)45-17-5-11-23-57(45)64-58)38-26-30-56-48(34-38)44-16-4-10-22-54(44)63(56)40-28-32-60-50(36-40)46-18-6-12-24-59(46)65-60/h1-36H. The fraction of sp³-hybridized carbons (Fsp3) is 0.0164. The van der Waals surface area contributed by atoms with E-state index in [1.807, 2.05) is 17.4 Å². The van der Waals surface area contributed by atoms with Crippen molar-refractivity contribution in [1.29, 1.82) is 0 Å². The lowest BCUT2D eigenvalue weighted by molar-refractivity contribution is 0.669. The van der Waals surface area contributed by atoms with Gasteiger partial charge in [-0.15, -0.1) is 11.3 Å². The Bertz CT molecular complexity index is 4050. The SMILES string of the molecule is c1ccc2c(c1)-c1ccccc1C2(c1ccc2c(c1)c1ccccc1n2-c1ccc2oc3ccccc3c2c1)c1ccc2c(c1)c1ccccc1n2-c1ccc2sc3ccccc3c2c1. The lowest BCUT2D eigenvalue weighted by atomic mass is 9.67. The van der Waals surface area contributed by atoms with Gasteiger partial charge >= 0.3 is 0 Å². The molecular weight excluding hydrogens is 809 g/mol. The Kier molecular flexibility index (Phi) is 7.03. The third-order valence-electron chi connectivity index (χ3n) is 14.4. The molecule has 4 heterocycles. The Balaban J connectivity index is 0.995. The smallest absolute Gasteiger partial charge is 0.135 e. The predicted molar refractivity (Wildman–Crippen MR) is 273 cm³/mol. The summed E-state index contributed by atoms with van der Waals surface area (Å²) in [5.41, 5.74) is 15.9. The highest BCUT2D eigenvalue weighted by Gasteiger charge is 2.46. The average Bonchev–Trinajstić information content (AvgIpc) is 4.16. The van der Waals surface area contributed by atoms with Crippen LogP contribution >= 0.6 is 11.3 Å². The van der Waals surface area contributed by atoms with Gasteiger partial charge in [-0.25, -0.2) is 0 Å². The molecule has 0 atom stereocenters. The predicted octanol–water partition coefficient (Wildman–Crippen LogP) is 16.5. The topological polar surface area (TPSA) is 23.0 Å². The van der Waals surface area contributed by atoms with Crippen LogP contribution in [0.2, 0.25) is 0 Å². The van der Waals surface area contributed by atoms with Crippen LogP contribution < -0.4 is 0 Å². The van der Waals surface area contributed by atoms with Gasteiger partial charge in [0.25, 0.3) is 0 Å². The van der Waals surface area contributed by atoms with Gasteiger partial charge in [0.05, 0.1) is 27.5 Å². The van der Waals surface area contributed by atoms with E-state index in [-0.39, 0.29) is 0 Å². The van der Waals surface area contributed by atoms with Crippen molar-refractivity contribution in [2.24, 2.45) is 0 Å². The van der Waals surface area contributed by atoms with Crippen LogP contribution in [-0.2, 0) is 5.41 Å². The van der Waals surface area contributed by atoms with Crippen LogP contribution in [0.1, 0.15) is 22.3 Å². The van der Waals surface area contributed by atoms with Crippen molar-refractivity contribution in [3.63, 3.8) is 0 Å². The van der Waals surface area contributed by atoms with E-state index in [1.54, 1.807) is 0 Å². The molecule has 0 unspecified atom stereocenters. The Morgan fingerprint density at radius 1 is 0.323 bits per heavy atom. The summed E-state index contributed by atoms with van der Waals surface area (Å²) in [6.45, 7) is 0. The van der Waals surface area contributed by atoms with E-state index in [9.17, 15) is 0 Å². The molecule has 1 aliphatic carbocycles. The average molecular weight is 845 g/mol. The van der Waals surface area contributed by atoms with Crippen LogP contribution in [0.5, 0.6) is 0 Å². The van der Waals surface area contributed by atoms with E-state index in [1.165, 1.54) is 103 Å². The normalized spacial score (nSPS) is 13.4. The Hall–Kier alpha value is -8.18. The Morgan fingerprint density at radius 2 is 0.800 bits per heavy atom. The second kappa shape index (κ2) is 12.9. The summed E-state index contributed by atoms with van der Waals surface area (Å²) in [6, 6.07) is 81.2. The number of fused-ring (bicyclic) bond motifs is 15. The minimum Gasteiger partial charge on any atom is -0.456 e. The number of rotatable bonds is 4. The van der Waals surface area contributed by atoms with Gasteiger partial charge in [-0.3, -0.25) is 0 Å². The Morgan fingerprint density at radius 3 is 1.46 bits per heavy atom. The quantitative estimate of drug-likeness (QED) is 0.173. The van der Waals surface area contributed by atoms with Crippen LogP contribution in [0.3, 0.4) is 0 Å². The molecular formula is C61H36N2OS. The number of hydrogen-bond acceptors (Lipinski definition) is 2. The summed E-state index contributed by atoms with van der Waals surface area (Å²) >= 11 is 1.87. The molecule has 15 rings (SSSR count). The van der Waals surface area contributed by atoms with Crippen molar-refractivity contribution >= 4 is 97.1 Å². The summed E-state index contributed by atoms with van der Waals surface area (Å²) in [4.78, 5) is 0. The van der Waals surface area contributed by atoms with Crippen molar-refractivity contribution in [2.75, 3.05) is 0 Å². The monoisotopic (exact) mass is 844 g/mol. The zero-order valence-electron chi connectivity index (χ0n) is 35.0. The van der Waals surface area contributed by atoms with Crippen molar-refractivity contribution in [2.45, 2.75) is 5.41 Å². The molecule has 302 valence electrons. The number of aromatic nitrogens is 2. The first kappa shape index (κ1) is 35.3. The van der Waals surface area contributed by atoms with Crippen molar-refractivity contribution in [3.05, 3.63) is 241 Å². The molecule has 3 nitrogen and oxygen atoms in total. The fourth-order valence-corrected chi connectivity index (χ4v) is 12.8. The first-order valence-electron chi connectivity index (χ1n) is 22.3. The second-order valence-corrected chi connectivity index (χ2v) is 18.7. The van der Waals surface area contributed by atoms with Crippen LogP contribution in [0.15, 0.2) is 223 Å². The van der Waals surface area contributed by atoms with E-state index in [0.717, 1.165) is 27.6 Å². The fourth-order valence-electron chi connectivity index (χ4n) is 11.7. The third-order valence-corrected chi connectivity index (χ3v) is 15.6. The van der Waals surface area contributed by atoms with Gasteiger partial charge in [0.15, 0.2) is 0 Å². The highest BCUT2D eigenvalue weighted by atomic mass is 32.1. The number of para-hydroxylation sites is 3. The second-order valence-electron chi connectivity index (χ2n) is 17.6. The zero-order valence-corrected chi connectivity index (χ0v) is 35.8. The first-order chi connectivity index (χ1) is 32.2. The van der Waals surface area contributed by atoms with Gasteiger partial charge in [-0.1, -0.05) is 133 Å². The van der Waals surface area contributed by atoms with Gasteiger partial charge in [0.1, 0.15) is 11.2 Å². The molecule has 4 aromatic heterocycles. The molecule has 0 saturated heterocycles. The number of nitrogens with zero attached hydrogens (tertiary/aromatic N) is 2. The molecule has 10 aromatic carbocycles. The molecule has 0 spiro atoms. The summed E-state index contributed by atoms with van der Waals surface area (Å²) in [5, 5.41) is 9.81. The van der Waals surface area contributed by atoms with Crippen LogP contribution in [0, 0.1) is 0 Å². The van der Waals surface area contributed by atoms with Crippen molar-refractivity contribution in [3.8, 4) is 22.5 Å². The summed E-state index contributed by atoms with van der Waals surface area (Å²) in [7, 11) is 0. The van der Waals surface area contributed by atoms with E-state index in [0.29, 0.717) is 0 Å². The number of benzene rings is 10. The van der Waals surface area contributed by atoms with E-state index >= 15 is 0 Å². The van der Waals surface area contributed by atoms with Crippen LogP contribution in [-0.4, -0.2) is 9.13 Å². The Labute approximate surface area is 377 Å². The molecule has 4 heteroatoms. The van der Waals surface area contributed by atoms with Crippen LogP contribution in [0.4, 0.5) is 0 Å². The van der Waals surface area contributed by atoms with Crippen molar-refractivity contribution in [1.82, 2.24) is 9.13 Å². The molecule has 0 radical (unpaired) electrons. The maximum absolute atomic E-state index is 6.27. The maximum Gasteiger partial charge on any atom is 0.135 e. The lowest BCUT2D eigenvalue weighted by Gasteiger charge is -2.34. The number of furan rings is 1. The molecule has 0 fully saturated rings.